The Hall–Kier alpha value is -2.54. The minimum absolute atomic E-state index is 0.0416. The van der Waals surface area contributed by atoms with Crippen LogP contribution in [0.5, 0.6) is 0 Å². The molecule has 0 saturated heterocycles. The van der Waals surface area contributed by atoms with Crippen LogP contribution in [0.1, 0.15) is 16.2 Å². The van der Waals surface area contributed by atoms with Crippen LogP contribution in [0, 0.1) is 0 Å². The normalized spacial score (nSPS) is 10.8. The molecule has 0 saturated carbocycles. The van der Waals surface area contributed by atoms with Crippen molar-refractivity contribution in [3.63, 3.8) is 0 Å². The van der Waals surface area contributed by atoms with Gasteiger partial charge in [0, 0.05) is 0 Å². The standard InChI is InChI=1S/C13H9N3O3S/c17-12-9-4-5-20-11(9)14-7-16(12)6-8-2-1-3-10(15-8)13(18)19/h1-5,7H,6H2,(H,18,19). The van der Waals surface area contributed by atoms with E-state index in [1.54, 1.807) is 18.2 Å². The van der Waals surface area contributed by atoms with Crippen LogP contribution in [0.2, 0.25) is 0 Å². The molecule has 0 aliphatic carbocycles. The van der Waals surface area contributed by atoms with Gasteiger partial charge in [0.1, 0.15) is 10.5 Å². The molecule has 3 aromatic rings. The van der Waals surface area contributed by atoms with Crippen LogP contribution in [0.4, 0.5) is 0 Å². The highest BCUT2D eigenvalue weighted by atomic mass is 32.1. The number of carbonyl (C=O) groups is 1. The molecule has 0 radical (unpaired) electrons. The predicted molar refractivity (Wildman–Crippen MR) is 74.2 cm³/mol. The van der Waals surface area contributed by atoms with Gasteiger partial charge in [-0.25, -0.2) is 14.8 Å². The van der Waals surface area contributed by atoms with Crippen LogP contribution in [0.15, 0.2) is 40.8 Å². The second-order valence-corrected chi connectivity index (χ2v) is 5.03. The third-order valence-electron chi connectivity index (χ3n) is 2.81. The van der Waals surface area contributed by atoms with Crippen LogP contribution >= 0.6 is 11.3 Å². The van der Waals surface area contributed by atoms with Gasteiger partial charge >= 0.3 is 5.97 Å². The van der Waals surface area contributed by atoms with Gasteiger partial charge in [-0.1, -0.05) is 6.07 Å². The van der Waals surface area contributed by atoms with Gasteiger partial charge in [0.15, 0.2) is 0 Å². The van der Waals surface area contributed by atoms with Crippen LogP contribution in [-0.2, 0) is 6.54 Å². The van der Waals surface area contributed by atoms with E-state index in [9.17, 15) is 9.59 Å². The average Bonchev–Trinajstić information content (AvgIpc) is 2.91. The van der Waals surface area contributed by atoms with E-state index in [1.165, 1.54) is 28.3 Å². The molecule has 0 spiro atoms. The Morgan fingerprint density at radius 1 is 1.35 bits per heavy atom. The smallest absolute Gasteiger partial charge is 0.354 e. The number of aromatic nitrogens is 3. The number of hydrogen-bond donors (Lipinski definition) is 1. The molecular weight excluding hydrogens is 278 g/mol. The average molecular weight is 287 g/mol. The maximum atomic E-state index is 12.2. The molecular formula is C13H9N3O3S. The summed E-state index contributed by atoms with van der Waals surface area (Å²) in [7, 11) is 0. The first-order valence-corrected chi connectivity index (χ1v) is 6.65. The Bertz CT molecular complexity index is 853. The van der Waals surface area contributed by atoms with Gasteiger partial charge < -0.3 is 5.11 Å². The number of aromatic carboxylic acids is 1. The molecule has 0 aliphatic rings. The first-order valence-electron chi connectivity index (χ1n) is 5.77. The topological polar surface area (TPSA) is 85.1 Å². The highest BCUT2D eigenvalue weighted by Crippen LogP contribution is 2.13. The lowest BCUT2D eigenvalue weighted by Gasteiger charge is -2.05. The van der Waals surface area contributed by atoms with Crippen molar-refractivity contribution in [1.29, 1.82) is 0 Å². The van der Waals surface area contributed by atoms with Crippen molar-refractivity contribution in [2.24, 2.45) is 0 Å². The molecule has 0 atom stereocenters. The van der Waals surface area contributed by atoms with E-state index < -0.39 is 5.97 Å². The predicted octanol–water partition coefficient (Wildman–Crippen LogP) is 1.60. The molecule has 3 rings (SSSR count). The molecule has 100 valence electrons. The van der Waals surface area contributed by atoms with Crippen molar-refractivity contribution >= 4 is 27.5 Å². The van der Waals surface area contributed by atoms with Gasteiger partial charge in [-0.3, -0.25) is 9.36 Å². The Labute approximate surface area is 117 Å². The number of pyridine rings is 1. The summed E-state index contributed by atoms with van der Waals surface area (Å²) < 4.78 is 1.42. The molecule has 0 fully saturated rings. The third-order valence-corrected chi connectivity index (χ3v) is 3.63. The van der Waals surface area contributed by atoms with Crippen molar-refractivity contribution < 1.29 is 9.90 Å². The maximum absolute atomic E-state index is 12.2. The van der Waals surface area contributed by atoms with Crippen LogP contribution in [-0.4, -0.2) is 25.6 Å². The van der Waals surface area contributed by atoms with E-state index in [0.29, 0.717) is 15.9 Å². The number of hydrogen-bond acceptors (Lipinski definition) is 5. The van der Waals surface area contributed by atoms with Crippen molar-refractivity contribution in [2.45, 2.75) is 6.54 Å². The van der Waals surface area contributed by atoms with Crippen LogP contribution in [0.25, 0.3) is 10.2 Å². The zero-order valence-corrected chi connectivity index (χ0v) is 11.0. The van der Waals surface area contributed by atoms with Gasteiger partial charge in [-0.05, 0) is 23.6 Å². The monoisotopic (exact) mass is 287 g/mol. The number of thiophene rings is 1. The molecule has 6 nitrogen and oxygen atoms in total. The largest absolute Gasteiger partial charge is 0.477 e. The molecule has 3 heterocycles. The molecule has 0 bridgehead atoms. The highest BCUT2D eigenvalue weighted by molar-refractivity contribution is 7.16. The van der Waals surface area contributed by atoms with Gasteiger partial charge in [0.05, 0.1) is 24.0 Å². The summed E-state index contributed by atoms with van der Waals surface area (Å²) in [6, 6.07) is 6.42. The SMILES string of the molecule is O=C(O)c1cccc(Cn2cnc3sccc3c2=O)n1. The zero-order valence-electron chi connectivity index (χ0n) is 10.2. The Balaban J connectivity index is 2.01. The van der Waals surface area contributed by atoms with Crippen molar-refractivity contribution in [1.82, 2.24) is 14.5 Å². The third kappa shape index (κ3) is 2.19. The summed E-state index contributed by atoms with van der Waals surface area (Å²) in [6.07, 6.45) is 1.45. The van der Waals surface area contributed by atoms with E-state index in [1.807, 2.05) is 5.38 Å². The summed E-state index contributed by atoms with van der Waals surface area (Å²) in [5.74, 6) is -1.09. The lowest BCUT2D eigenvalue weighted by atomic mass is 10.3. The molecule has 0 aromatic carbocycles. The number of carboxylic acid groups (broad SMARTS) is 1. The van der Waals surface area contributed by atoms with Gasteiger partial charge in [0.2, 0.25) is 0 Å². The molecule has 7 heteroatoms. The molecule has 0 unspecified atom stereocenters. The van der Waals surface area contributed by atoms with Crippen molar-refractivity contribution in [2.75, 3.05) is 0 Å². The fourth-order valence-corrected chi connectivity index (χ4v) is 2.59. The Kier molecular flexibility index (Phi) is 3.03. The Morgan fingerprint density at radius 3 is 3.00 bits per heavy atom. The zero-order chi connectivity index (χ0) is 14.1. The summed E-state index contributed by atoms with van der Waals surface area (Å²) in [5, 5.41) is 11.3. The second kappa shape index (κ2) is 4.86. The lowest BCUT2D eigenvalue weighted by molar-refractivity contribution is 0.0690. The molecule has 3 aromatic heterocycles. The fourth-order valence-electron chi connectivity index (χ4n) is 1.87. The van der Waals surface area contributed by atoms with Gasteiger partial charge in [-0.15, -0.1) is 11.3 Å². The fraction of sp³-hybridized carbons (Fsp3) is 0.0769. The number of rotatable bonds is 3. The van der Waals surface area contributed by atoms with E-state index in [-0.39, 0.29) is 17.8 Å². The first-order chi connectivity index (χ1) is 9.65. The summed E-state index contributed by atoms with van der Waals surface area (Å²) in [5.41, 5.74) is 0.308. The number of carboxylic acids is 1. The summed E-state index contributed by atoms with van der Waals surface area (Å²) in [6.45, 7) is 0.193. The molecule has 20 heavy (non-hydrogen) atoms. The number of nitrogens with zero attached hydrogens (tertiary/aromatic N) is 3. The molecule has 0 aliphatic heterocycles. The first kappa shape index (κ1) is 12.5. The van der Waals surface area contributed by atoms with Crippen molar-refractivity contribution in [3.8, 4) is 0 Å². The summed E-state index contributed by atoms with van der Waals surface area (Å²) in [4.78, 5) is 31.9. The minimum atomic E-state index is -1.09. The quantitative estimate of drug-likeness (QED) is 0.791. The van der Waals surface area contributed by atoms with E-state index in [2.05, 4.69) is 9.97 Å². The Morgan fingerprint density at radius 2 is 2.20 bits per heavy atom. The molecule has 0 amide bonds. The minimum Gasteiger partial charge on any atom is -0.477 e. The lowest BCUT2D eigenvalue weighted by Crippen LogP contribution is -2.21. The van der Waals surface area contributed by atoms with Gasteiger partial charge in [0.25, 0.3) is 5.56 Å². The van der Waals surface area contributed by atoms with E-state index in [0.717, 1.165) is 0 Å². The van der Waals surface area contributed by atoms with E-state index in [4.69, 9.17) is 5.11 Å². The van der Waals surface area contributed by atoms with Crippen LogP contribution in [0.3, 0.4) is 0 Å². The second-order valence-electron chi connectivity index (χ2n) is 4.14. The van der Waals surface area contributed by atoms with Crippen molar-refractivity contribution in [3.05, 3.63) is 57.7 Å². The maximum Gasteiger partial charge on any atom is 0.354 e. The van der Waals surface area contributed by atoms with E-state index >= 15 is 0 Å². The van der Waals surface area contributed by atoms with Gasteiger partial charge in [-0.2, -0.15) is 0 Å². The highest BCUT2D eigenvalue weighted by Gasteiger charge is 2.08. The molecule has 1 N–H and O–H groups in total. The number of fused-ring (bicyclic) bond motifs is 1. The van der Waals surface area contributed by atoms with Crippen LogP contribution < -0.4 is 5.56 Å². The summed E-state index contributed by atoms with van der Waals surface area (Å²) >= 11 is 1.41.